The van der Waals surface area contributed by atoms with Crippen molar-refractivity contribution in [3.8, 4) is 11.1 Å². The van der Waals surface area contributed by atoms with E-state index in [1.165, 1.54) is 58.2 Å². The van der Waals surface area contributed by atoms with E-state index in [2.05, 4.69) is 77.7 Å². The highest BCUT2D eigenvalue weighted by Crippen LogP contribution is 2.51. The quantitative estimate of drug-likeness (QED) is 0.242. The Morgan fingerprint density at radius 3 is 2.38 bits per heavy atom. The molecule has 2 atom stereocenters. The van der Waals surface area contributed by atoms with Crippen LogP contribution in [0.1, 0.15) is 55.2 Å². The van der Waals surface area contributed by atoms with Crippen LogP contribution in [0.5, 0.6) is 0 Å². The van der Waals surface area contributed by atoms with Crippen LogP contribution in [0.2, 0.25) is 0 Å². The van der Waals surface area contributed by atoms with Crippen LogP contribution in [0, 0.1) is 0 Å². The number of thioether (sulfide) groups is 1. The molecule has 7 heteroatoms. The maximum atomic E-state index is 12.8. The van der Waals surface area contributed by atoms with Crippen LogP contribution in [0.25, 0.3) is 23.3 Å². The van der Waals surface area contributed by atoms with Crippen LogP contribution in [-0.4, -0.2) is 38.8 Å². The smallest absolute Gasteiger partial charge is 0.323 e. The van der Waals surface area contributed by atoms with Crippen molar-refractivity contribution < 1.29 is 14.7 Å². The standard InChI is InChI=1S/C33H30N2O3S2/c1-2-5-21-8-11-23(12-9-21)24-13-15-25(16-14-24)35-28-7-4-3-6-26(28)27-18-22(10-17-29(27)35)19-30-32(38)34(20-31(36)37)33(39)40-30/h2,5,8-19,26,28H,3-4,6-7,20H2,1H3,(H,36,37)/b5-2?,30-19-. The number of thiocarbonyl (C=S) groups is 1. The molecule has 3 aliphatic rings. The lowest BCUT2D eigenvalue weighted by atomic mass is 9.82. The van der Waals surface area contributed by atoms with Gasteiger partial charge in [-0.05, 0) is 77.9 Å². The molecule has 1 saturated heterocycles. The molecule has 3 aromatic rings. The van der Waals surface area contributed by atoms with Gasteiger partial charge < -0.3 is 10.0 Å². The van der Waals surface area contributed by atoms with E-state index < -0.39 is 12.5 Å². The average molecular weight is 567 g/mol. The van der Waals surface area contributed by atoms with Crippen molar-refractivity contribution in [2.75, 3.05) is 11.4 Å². The van der Waals surface area contributed by atoms with E-state index in [0.717, 1.165) is 23.3 Å². The molecule has 202 valence electrons. The molecule has 0 spiro atoms. The summed E-state index contributed by atoms with van der Waals surface area (Å²) >= 11 is 6.43. The first-order chi connectivity index (χ1) is 19.4. The van der Waals surface area contributed by atoms with Crippen molar-refractivity contribution >= 4 is 63.7 Å². The number of carboxylic acids is 1. The minimum atomic E-state index is -1.08. The molecular formula is C33H30N2O3S2. The Kier molecular flexibility index (Phi) is 7.34. The van der Waals surface area contributed by atoms with Gasteiger partial charge in [-0.15, -0.1) is 0 Å². The van der Waals surface area contributed by atoms with Crippen LogP contribution in [0.4, 0.5) is 11.4 Å². The number of carbonyl (C=O) groups excluding carboxylic acids is 1. The number of fused-ring (bicyclic) bond motifs is 3. The Hall–Kier alpha value is -3.68. The molecule has 2 fully saturated rings. The van der Waals surface area contributed by atoms with Gasteiger partial charge in [0.15, 0.2) is 0 Å². The van der Waals surface area contributed by atoms with E-state index >= 15 is 0 Å². The number of allylic oxidation sites excluding steroid dienone is 1. The number of aliphatic carboxylic acids is 1. The molecule has 2 heterocycles. The zero-order valence-corrected chi connectivity index (χ0v) is 23.9. The van der Waals surface area contributed by atoms with E-state index in [-0.39, 0.29) is 10.2 Å². The van der Waals surface area contributed by atoms with Crippen LogP contribution in [0.3, 0.4) is 0 Å². The molecule has 2 aliphatic heterocycles. The first-order valence-corrected chi connectivity index (χ1v) is 14.9. The second-order valence-electron chi connectivity index (χ2n) is 10.5. The van der Waals surface area contributed by atoms with E-state index in [1.54, 1.807) is 0 Å². The molecule has 0 radical (unpaired) electrons. The first kappa shape index (κ1) is 26.5. The summed E-state index contributed by atoms with van der Waals surface area (Å²) in [5.41, 5.74) is 8.30. The van der Waals surface area contributed by atoms with Gasteiger partial charge in [0.1, 0.15) is 10.9 Å². The number of nitrogens with zero attached hydrogens (tertiary/aromatic N) is 2. The highest BCUT2D eigenvalue weighted by Gasteiger charge is 2.40. The Morgan fingerprint density at radius 2 is 1.68 bits per heavy atom. The minimum Gasteiger partial charge on any atom is -0.480 e. The van der Waals surface area contributed by atoms with Crippen LogP contribution >= 0.6 is 24.0 Å². The van der Waals surface area contributed by atoms with Gasteiger partial charge in [-0.3, -0.25) is 14.5 Å². The van der Waals surface area contributed by atoms with Crippen molar-refractivity contribution in [1.82, 2.24) is 4.90 Å². The molecule has 0 bridgehead atoms. The third-order valence-corrected chi connectivity index (χ3v) is 9.36. The number of anilines is 2. The zero-order valence-electron chi connectivity index (χ0n) is 22.2. The largest absolute Gasteiger partial charge is 0.480 e. The molecule has 6 rings (SSSR count). The molecule has 1 N–H and O–H groups in total. The van der Waals surface area contributed by atoms with E-state index in [4.69, 9.17) is 17.3 Å². The second kappa shape index (κ2) is 11.1. The van der Waals surface area contributed by atoms with Gasteiger partial charge in [0, 0.05) is 23.3 Å². The third-order valence-electron chi connectivity index (χ3n) is 7.99. The Labute approximate surface area is 244 Å². The van der Waals surface area contributed by atoms with Crippen molar-refractivity contribution in [1.29, 1.82) is 0 Å². The lowest BCUT2D eigenvalue weighted by Gasteiger charge is -2.33. The highest BCUT2D eigenvalue weighted by molar-refractivity contribution is 8.26. The van der Waals surface area contributed by atoms with E-state index in [9.17, 15) is 9.59 Å². The highest BCUT2D eigenvalue weighted by atomic mass is 32.2. The molecule has 2 unspecified atom stereocenters. The van der Waals surface area contributed by atoms with E-state index in [0.29, 0.717) is 16.9 Å². The molecule has 0 aromatic heterocycles. The zero-order chi connectivity index (χ0) is 27.8. The minimum absolute atomic E-state index is 0.288. The molecule has 1 aliphatic carbocycles. The van der Waals surface area contributed by atoms with Crippen LogP contribution in [0.15, 0.2) is 77.7 Å². The van der Waals surface area contributed by atoms with Gasteiger partial charge in [-0.1, -0.05) is 91.4 Å². The van der Waals surface area contributed by atoms with Crippen LogP contribution < -0.4 is 4.90 Å². The number of hydrogen-bond donors (Lipinski definition) is 1. The number of hydrogen-bond acceptors (Lipinski definition) is 5. The Bertz CT molecular complexity index is 1540. The predicted molar refractivity (Wildman–Crippen MR) is 168 cm³/mol. The van der Waals surface area contributed by atoms with Gasteiger partial charge in [0.05, 0.1) is 4.91 Å². The summed E-state index contributed by atoms with van der Waals surface area (Å²) in [5, 5.41) is 9.13. The van der Waals surface area contributed by atoms with Crippen molar-refractivity contribution in [3.63, 3.8) is 0 Å². The maximum Gasteiger partial charge on any atom is 0.323 e. The lowest BCUT2D eigenvalue weighted by Crippen LogP contribution is -2.33. The Morgan fingerprint density at radius 1 is 1.00 bits per heavy atom. The summed E-state index contributed by atoms with van der Waals surface area (Å²) in [6, 6.07) is 24.4. The predicted octanol–water partition coefficient (Wildman–Crippen LogP) is 7.85. The topological polar surface area (TPSA) is 60.9 Å². The van der Waals surface area contributed by atoms with Crippen LogP contribution in [-0.2, 0) is 9.59 Å². The van der Waals surface area contributed by atoms with Gasteiger partial charge in [-0.25, -0.2) is 0 Å². The number of benzene rings is 3. The van der Waals surface area contributed by atoms with Gasteiger partial charge in [0.2, 0.25) is 0 Å². The third kappa shape index (κ3) is 5.00. The molecule has 3 aromatic carbocycles. The summed E-state index contributed by atoms with van der Waals surface area (Å²) in [4.78, 5) is 28.1. The van der Waals surface area contributed by atoms with Crippen molar-refractivity contribution in [2.24, 2.45) is 0 Å². The fourth-order valence-electron chi connectivity index (χ4n) is 6.19. The molecule has 1 saturated carbocycles. The maximum absolute atomic E-state index is 12.8. The van der Waals surface area contributed by atoms with E-state index in [1.807, 2.05) is 19.1 Å². The second-order valence-corrected chi connectivity index (χ2v) is 12.2. The summed E-state index contributed by atoms with van der Waals surface area (Å²) < 4.78 is 0.288. The van der Waals surface area contributed by atoms with Crippen molar-refractivity contribution in [3.05, 3.63) is 94.4 Å². The van der Waals surface area contributed by atoms with Gasteiger partial charge in [-0.2, -0.15) is 0 Å². The summed E-state index contributed by atoms with van der Waals surface area (Å²) in [5.74, 6) is -0.974. The Balaban J connectivity index is 1.29. The average Bonchev–Trinajstić information content (AvgIpc) is 3.42. The van der Waals surface area contributed by atoms with Gasteiger partial charge >= 0.3 is 5.97 Å². The summed E-state index contributed by atoms with van der Waals surface area (Å²) in [6.45, 7) is 1.62. The molecule has 1 amide bonds. The first-order valence-electron chi connectivity index (χ1n) is 13.7. The lowest BCUT2D eigenvalue weighted by molar-refractivity contribution is -0.140. The number of carbonyl (C=O) groups is 2. The fourth-order valence-corrected chi connectivity index (χ4v) is 7.44. The fraction of sp³-hybridized carbons (Fsp3) is 0.242. The number of carboxylic acid groups (broad SMARTS) is 1. The summed E-state index contributed by atoms with van der Waals surface area (Å²) in [6.07, 6.45) is 10.7. The SMILES string of the molecule is CC=Cc1ccc(-c2ccc(N3c4ccc(/C=C5\SC(=S)N(CC(=O)O)C5=O)cc4C4CCCCC43)cc2)cc1. The molecular weight excluding hydrogens is 537 g/mol. The summed E-state index contributed by atoms with van der Waals surface area (Å²) in [7, 11) is 0. The van der Waals surface area contributed by atoms with Gasteiger partial charge in [0.25, 0.3) is 5.91 Å². The number of amides is 1. The molecule has 40 heavy (non-hydrogen) atoms. The number of rotatable bonds is 6. The monoisotopic (exact) mass is 566 g/mol. The van der Waals surface area contributed by atoms with Crippen molar-refractivity contribution in [2.45, 2.75) is 44.6 Å². The molecule has 5 nitrogen and oxygen atoms in total. The normalized spacial score (nSPS) is 21.4.